The molecule has 0 aromatic heterocycles. The van der Waals surface area contributed by atoms with Crippen molar-refractivity contribution >= 4 is 21.7 Å². The molecule has 1 aliphatic rings. The average Bonchev–Trinajstić information content (AvgIpc) is 2.42. The maximum atomic E-state index is 13.6. The fraction of sp³-hybridized carbons (Fsp3) is 0.200. The van der Waals surface area contributed by atoms with Gasteiger partial charge in [0.2, 0.25) is 5.78 Å². The van der Waals surface area contributed by atoms with Crippen molar-refractivity contribution in [2.75, 3.05) is 0 Å². The van der Waals surface area contributed by atoms with Crippen LogP contribution >= 0.6 is 15.9 Å². The van der Waals surface area contributed by atoms with Crippen molar-refractivity contribution in [2.24, 2.45) is 0 Å². The number of halogens is 2. The summed E-state index contributed by atoms with van der Waals surface area (Å²) >= 11 is 3.19. The molecule has 0 spiro atoms. The van der Waals surface area contributed by atoms with Crippen molar-refractivity contribution in [1.29, 1.82) is 5.26 Å². The highest BCUT2D eigenvalue weighted by Crippen LogP contribution is 2.34. The van der Waals surface area contributed by atoms with Gasteiger partial charge in [0.05, 0.1) is 0 Å². The number of rotatable bonds is 0. The van der Waals surface area contributed by atoms with Gasteiger partial charge in [-0.1, -0.05) is 22.0 Å². The quantitative estimate of drug-likeness (QED) is 0.713. The molecule has 1 aromatic rings. The Bertz CT molecular complexity index is 466. The van der Waals surface area contributed by atoms with Gasteiger partial charge in [-0.3, -0.25) is 4.79 Å². The van der Waals surface area contributed by atoms with Crippen LogP contribution in [0.1, 0.15) is 15.9 Å². The van der Waals surface area contributed by atoms with E-state index in [9.17, 15) is 9.18 Å². The largest absolute Gasteiger partial charge is 0.289 e. The number of benzene rings is 1. The van der Waals surface area contributed by atoms with Gasteiger partial charge in [-0.05, 0) is 17.7 Å². The monoisotopic (exact) mass is 253 g/mol. The molecule has 0 heterocycles. The second-order valence-corrected chi connectivity index (χ2v) is 4.14. The van der Waals surface area contributed by atoms with Crippen LogP contribution in [0.5, 0.6) is 0 Å². The van der Waals surface area contributed by atoms with E-state index in [1.165, 1.54) is 6.07 Å². The number of nitriles is 1. The molecular weight excluding hydrogens is 249 g/mol. The summed E-state index contributed by atoms with van der Waals surface area (Å²) in [5.74, 6) is -0.726. The molecule has 2 rings (SSSR count). The lowest BCUT2D eigenvalue weighted by molar-refractivity contribution is 0.0820. The Morgan fingerprint density at radius 2 is 2.29 bits per heavy atom. The normalized spacial score (nSPS) is 24.5. The minimum absolute atomic E-state index is 0.134. The van der Waals surface area contributed by atoms with E-state index in [1.54, 1.807) is 18.2 Å². The number of hydrogen-bond donors (Lipinski definition) is 0. The average molecular weight is 254 g/mol. The van der Waals surface area contributed by atoms with Crippen molar-refractivity contribution in [1.82, 2.24) is 0 Å². The second-order valence-electron chi connectivity index (χ2n) is 3.22. The van der Waals surface area contributed by atoms with Gasteiger partial charge in [-0.15, -0.1) is 0 Å². The number of ketones is 1. The zero-order valence-corrected chi connectivity index (χ0v) is 8.64. The predicted molar refractivity (Wildman–Crippen MR) is 51.6 cm³/mol. The van der Waals surface area contributed by atoms with Gasteiger partial charge in [0, 0.05) is 16.5 Å². The minimum Gasteiger partial charge on any atom is -0.289 e. The molecule has 70 valence electrons. The summed E-state index contributed by atoms with van der Waals surface area (Å²) in [6.45, 7) is 0. The Morgan fingerprint density at radius 3 is 2.93 bits per heavy atom. The van der Waals surface area contributed by atoms with Gasteiger partial charge >= 0.3 is 0 Å². The van der Waals surface area contributed by atoms with E-state index in [4.69, 9.17) is 5.26 Å². The molecule has 0 amide bonds. The molecule has 0 saturated heterocycles. The van der Waals surface area contributed by atoms with E-state index in [2.05, 4.69) is 15.9 Å². The zero-order chi connectivity index (χ0) is 10.3. The summed E-state index contributed by atoms with van der Waals surface area (Å²) in [5, 5.41) is 8.58. The summed E-state index contributed by atoms with van der Waals surface area (Å²) in [6, 6.07) is 6.37. The van der Waals surface area contributed by atoms with Crippen LogP contribution in [-0.4, -0.2) is 11.5 Å². The molecule has 1 aromatic carbocycles. The van der Waals surface area contributed by atoms with E-state index >= 15 is 0 Å². The van der Waals surface area contributed by atoms with Crippen LogP contribution in [0.3, 0.4) is 0 Å². The van der Waals surface area contributed by atoms with Crippen molar-refractivity contribution in [2.45, 2.75) is 12.1 Å². The number of hydrogen-bond acceptors (Lipinski definition) is 2. The van der Waals surface area contributed by atoms with Gasteiger partial charge in [0.15, 0.2) is 0 Å². The van der Waals surface area contributed by atoms with Crippen LogP contribution in [0.2, 0.25) is 0 Å². The Kier molecular flexibility index (Phi) is 1.93. The van der Waals surface area contributed by atoms with Crippen LogP contribution in [0, 0.1) is 11.3 Å². The lowest BCUT2D eigenvalue weighted by Crippen LogP contribution is -2.27. The molecule has 0 fully saturated rings. The minimum atomic E-state index is -2.36. The maximum absolute atomic E-state index is 13.6. The molecule has 1 aliphatic carbocycles. The van der Waals surface area contributed by atoms with Crippen molar-refractivity contribution < 1.29 is 9.18 Å². The number of Topliss-reactive ketones (excluding diaryl/α,β-unsaturated/α-hetero) is 1. The van der Waals surface area contributed by atoms with Gasteiger partial charge < -0.3 is 0 Å². The SMILES string of the molecule is N#C[C@]1(F)Cc2ccc(Br)cc2C1=O. The first-order valence-electron chi connectivity index (χ1n) is 4.00. The first kappa shape index (κ1) is 9.35. The van der Waals surface area contributed by atoms with Crippen LogP contribution in [-0.2, 0) is 6.42 Å². The first-order chi connectivity index (χ1) is 6.57. The van der Waals surface area contributed by atoms with Crippen molar-refractivity contribution in [3.05, 3.63) is 33.8 Å². The fourth-order valence-electron chi connectivity index (χ4n) is 1.56. The molecule has 1 atom stereocenters. The Hall–Kier alpha value is -1.21. The molecule has 0 bridgehead atoms. The van der Waals surface area contributed by atoms with E-state index in [-0.39, 0.29) is 6.42 Å². The molecule has 2 nitrogen and oxygen atoms in total. The van der Waals surface area contributed by atoms with E-state index in [0.29, 0.717) is 15.6 Å². The van der Waals surface area contributed by atoms with Crippen LogP contribution in [0.25, 0.3) is 0 Å². The maximum Gasteiger partial charge on any atom is 0.261 e. The van der Waals surface area contributed by atoms with Gasteiger partial charge in [0.25, 0.3) is 5.67 Å². The topological polar surface area (TPSA) is 40.9 Å². The Balaban J connectivity index is 2.58. The number of carbonyl (C=O) groups excluding carboxylic acids is 1. The van der Waals surface area contributed by atoms with Gasteiger partial charge in [-0.25, -0.2) is 4.39 Å². The predicted octanol–water partition coefficient (Wildman–Crippen LogP) is 2.42. The molecule has 14 heavy (non-hydrogen) atoms. The van der Waals surface area contributed by atoms with E-state index in [1.807, 2.05) is 0 Å². The molecule has 0 unspecified atom stereocenters. The number of fused-ring (bicyclic) bond motifs is 1. The molecule has 0 saturated carbocycles. The number of nitrogens with zero attached hydrogens (tertiary/aromatic N) is 1. The fourth-order valence-corrected chi connectivity index (χ4v) is 1.92. The highest BCUT2D eigenvalue weighted by atomic mass is 79.9. The highest BCUT2D eigenvalue weighted by molar-refractivity contribution is 9.10. The molecule has 4 heteroatoms. The summed E-state index contributed by atoms with van der Waals surface area (Å²) in [4.78, 5) is 11.5. The first-order valence-corrected chi connectivity index (χ1v) is 4.79. The summed E-state index contributed by atoms with van der Waals surface area (Å²) in [5.41, 5.74) is -1.45. The third-order valence-electron chi connectivity index (χ3n) is 2.29. The lowest BCUT2D eigenvalue weighted by atomic mass is 10.0. The van der Waals surface area contributed by atoms with Gasteiger partial charge in [-0.2, -0.15) is 5.26 Å². The number of carbonyl (C=O) groups is 1. The standard InChI is InChI=1S/C10H5BrFNO/c11-7-2-1-6-4-10(12,5-13)9(14)8(6)3-7/h1-3H,4H2/t10-/m1/s1. The number of alkyl halides is 1. The van der Waals surface area contributed by atoms with Gasteiger partial charge in [0.1, 0.15) is 6.07 Å². The third-order valence-corrected chi connectivity index (χ3v) is 2.78. The lowest BCUT2D eigenvalue weighted by Gasteiger charge is -2.04. The zero-order valence-electron chi connectivity index (χ0n) is 7.05. The van der Waals surface area contributed by atoms with Crippen molar-refractivity contribution in [3.8, 4) is 6.07 Å². The molecule has 0 radical (unpaired) electrons. The summed E-state index contributed by atoms with van der Waals surface area (Å²) < 4.78 is 14.3. The van der Waals surface area contributed by atoms with E-state index < -0.39 is 11.5 Å². The molecule has 0 aliphatic heterocycles. The second kappa shape index (κ2) is 2.89. The van der Waals surface area contributed by atoms with E-state index in [0.717, 1.165) is 0 Å². The van der Waals surface area contributed by atoms with Crippen LogP contribution in [0.15, 0.2) is 22.7 Å². The van der Waals surface area contributed by atoms with Crippen LogP contribution in [0.4, 0.5) is 4.39 Å². The Labute approximate surface area is 88.5 Å². The highest BCUT2D eigenvalue weighted by Gasteiger charge is 2.46. The summed E-state index contributed by atoms with van der Waals surface area (Å²) in [7, 11) is 0. The summed E-state index contributed by atoms with van der Waals surface area (Å²) in [6.07, 6.45) is -0.134. The smallest absolute Gasteiger partial charge is 0.261 e. The van der Waals surface area contributed by atoms with Crippen LogP contribution < -0.4 is 0 Å². The third kappa shape index (κ3) is 1.17. The Morgan fingerprint density at radius 1 is 1.57 bits per heavy atom. The van der Waals surface area contributed by atoms with Crippen molar-refractivity contribution in [3.63, 3.8) is 0 Å². The molecular formula is C10H5BrFNO. The molecule has 0 N–H and O–H groups in total.